The Bertz CT molecular complexity index is 909. The lowest BCUT2D eigenvalue weighted by molar-refractivity contribution is -0.116. The molecule has 3 aliphatic rings. The van der Waals surface area contributed by atoms with E-state index in [4.69, 9.17) is 14.0 Å². The highest BCUT2D eigenvalue weighted by Crippen LogP contribution is 2.63. The van der Waals surface area contributed by atoms with E-state index in [2.05, 4.69) is 10.1 Å². The topological polar surface area (TPSA) is 88.2 Å². The number of aromatic nitrogens is 1. The van der Waals surface area contributed by atoms with Crippen LogP contribution in [0.5, 0.6) is 5.88 Å². The van der Waals surface area contributed by atoms with E-state index in [1.165, 1.54) is 0 Å². The third kappa shape index (κ3) is 2.34. The maximum atomic E-state index is 11.4. The molecule has 2 bridgehead atoms. The Morgan fingerprint density at radius 2 is 2.07 bits per heavy atom. The highest BCUT2D eigenvalue weighted by atomic mass is 16.6. The van der Waals surface area contributed by atoms with Gasteiger partial charge >= 0.3 is 0 Å². The zero-order valence-electron chi connectivity index (χ0n) is 15.9. The fourth-order valence-electron chi connectivity index (χ4n) is 5.15. The number of benzene rings is 1. The second-order valence-corrected chi connectivity index (χ2v) is 7.99. The van der Waals surface area contributed by atoms with E-state index in [1.807, 2.05) is 50.5 Å². The monoisotopic (exact) mass is 384 g/mol. The second kappa shape index (κ2) is 6.42. The zero-order valence-corrected chi connectivity index (χ0v) is 15.9. The summed E-state index contributed by atoms with van der Waals surface area (Å²) in [6.45, 7) is 0.173. The number of ether oxygens (including phenoxy) is 2. The highest BCUT2D eigenvalue weighted by molar-refractivity contribution is 5.47. The maximum absolute atomic E-state index is 11.4. The van der Waals surface area contributed by atoms with Crippen LogP contribution in [0.1, 0.15) is 35.5 Å². The normalized spacial score (nSPS) is 33.0. The SMILES string of the molecule is CN(C)[C@@H]1c2onc(OCc3ccccc3)c2[C@H](O)[C@@]23O[C@@H](C=C2CO)C[C@@H]13. The minimum atomic E-state index is -1.01. The summed E-state index contributed by atoms with van der Waals surface area (Å²) >= 11 is 0. The summed E-state index contributed by atoms with van der Waals surface area (Å²) in [5.41, 5.74) is 1.29. The fourth-order valence-corrected chi connectivity index (χ4v) is 5.15. The molecule has 148 valence electrons. The van der Waals surface area contributed by atoms with Gasteiger partial charge in [-0.1, -0.05) is 36.4 Å². The van der Waals surface area contributed by atoms with Gasteiger partial charge in [0.15, 0.2) is 5.76 Å². The first-order valence-corrected chi connectivity index (χ1v) is 9.56. The van der Waals surface area contributed by atoms with Crippen molar-refractivity contribution in [1.82, 2.24) is 10.1 Å². The lowest BCUT2D eigenvalue weighted by Crippen LogP contribution is -2.52. The van der Waals surface area contributed by atoms with Gasteiger partial charge in [-0.3, -0.25) is 4.90 Å². The smallest absolute Gasteiger partial charge is 0.260 e. The molecule has 1 aromatic carbocycles. The summed E-state index contributed by atoms with van der Waals surface area (Å²) in [4.78, 5) is 2.06. The summed E-state index contributed by atoms with van der Waals surface area (Å²) in [5.74, 6) is 0.865. The minimum absolute atomic E-state index is 0.0305. The van der Waals surface area contributed by atoms with Gasteiger partial charge in [0.25, 0.3) is 5.88 Å². The molecule has 2 N–H and O–H groups in total. The van der Waals surface area contributed by atoms with E-state index in [9.17, 15) is 10.2 Å². The Morgan fingerprint density at radius 3 is 2.79 bits per heavy atom. The third-order valence-electron chi connectivity index (χ3n) is 6.27. The van der Waals surface area contributed by atoms with Crippen LogP contribution in [0.2, 0.25) is 0 Å². The Hall–Kier alpha value is -2.19. The molecule has 2 aliphatic heterocycles. The predicted molar refractivity (Wildman–Crippen MR) is 99.5 cm³/mol. The molecule has 1 spiro atoms. The molecule has 0 unspecified atom stereocenters. The molecule has 7 heteroatoms. The number of hydrogen-bond donors (Lipinski definition) is 2. The third-order valence-corrected chi connectivity index (χ3v) is 6.27. The second-order valence-electron chi connectivity index (χ2n) is 7.99. The molecule has 5 atom stereocenters. The number of hydrogen-bond acceptors (Lipinski definition) is 7. The van der Waals surface area contributed by atoms with E-state index in [-0.39, 0.29) is 30.6 Å². The molecule has 1 aromatic heterocycles. The van der Waals surface area contributed by atoms with Gasteiger partial charge in [0.05, 0.1) is 24.3 Å². The van der Waals surface area contributed by atoms with E-state index in [0.717, 1.165) is 17.6 Å². The van der Waals surface area contributed by atoms with Crippen LogP contribution >= 0.6 is 0 Å². The van der Waals surface area contributed by atoms with Crippen molar-refractivity contribution >= 4 is 0 Å². The van der Waals surface area contributed by atoms with Crippen LogP contribution < -0.4 is 4.74 Å². The summed E-state index contributed by atoms with van der Waals surface area (Å²) in [6.07, 6.45) is 1.60. The van der Waals surface area contributed by atoms with Crippen LogP contribution in [0.25, 0.3) is 0 Å². The Labute approximate surface area is 163 Å². The first-order chi connectivity index (χ1) is 13.6. The Balaban J connectivity index is 1.56. The molecule has 3 heterocycles. The number of fused-ring (bicyclic) bond motifs is 2. The van der Waals surface area contributed by atoms with Crippen LogP contribution in [-0.4, -0.2) is 52.7 Å². The first kappa shape index (κ1) is 17.9. The van der Waals surface area contributed by atoms with Crippen LogP contribution in [-0.2, 0) is 11.3 Å². The molecule has 1 aliphatic carbocycles. The van der Waals surface area contributed by atoms with E-state index >= 15 is 0 Å². The number of rotatable bonds is 5. The van der Waals surface area contributed by atoms with Gasteiger partial charge in [0.2, 0.25) is 0 Å². The van der Waals surface area contributed by atoms with Crippen molar-refractivity contribution in [3.8, 4) is 5.88 Å². The summed E-state index contributed by atoms with van der Waals surface area (Å²) in [6, 6.07) is 9.65. The van der Waals surface area contributed by atoms with Gasteiger partial charge in [-0.05, 0) is 36.8 Å². The standard InChI is InChI=1S/C21H24N2O5/c1-23(2)17-15-9-14-8-13(10-24)21(15,27-14)19(25)16-18(17)28-22-20(16)26-11-12-6-4-3-5-7-12/h3-8,14-15,17,19,24-25H,9-11H2,1-2H3/t14-,15-,17-,19-,21+/m0/s1. The number of aliphatic hydroxyl groups excluding tert-OH is 2. The van der Waals surface area contributed by atoms with Gasteiger partial charge in [-0.25, -0.2) is 0 Å². The van der Waals surface area contributed by atoms with Crippen molar-refractivity contribution in [3.05, 3.63) is 58.9 Å². The van der Waals surface area contributed by atoms with Crippen molar-refractivity contribution in [2.45, 2.75) is 36.9 Å². The van der Waals surface area contributed by atoms with Crippen LogP contribution in [0, 0.1) is 5.92 Å². The highest BCUT2D eigenvalue weighted by Gasteiger charge is 2.66. The van der Waals surface area contributed by atoms with Crippen molar-refractivity contribution in [2.75, 3.05) is 20.7 Å². The zero-order chi connectivity index (χ0) is 19.5. The molecule has 0 saturated carbocycles. The van der Waals surface area contributed by atoms with Crippen LogP contribution in [0.4, 0.5) is 0 Å². The van der Waals surface area contributed by atoms with Crippen molar-refractivity contribution in [2.24, 2.45) is 5.92 Å². The maximum Gasteiger partial charge on any atom is 0.260 e. The molecule has 1 fully saturated rings. The van der Waals surface area contributed by atoms with Gasteiger partial charge in [-0.2, -0.15) is 0 Å². The molecule has 1 saturated heterocycles. The Morgan fingerprint density at radius 1 is 1.29 bits per heavy atom. The lowest BCUT2D eigenvalue weighted by Gasteiger charge is -2.46. The van der Waals surface area contributed by atoms with Gasteiger partial charge in [-0.15, -0.1) is 0 Å². The molecule has 5 rings (SSSR count). The molecular weight excluding hydrogens is 360 g/mol. The molecule has 0 radical (unpaired) electrons. The fraction of sp³-hybridized carbons (Fsp3) is 0.476. The lowest BCUT2D eigenvalue weighted by atomic mass is 9.64. The van der Waals surface area contributed by atoms with E-state index in [1.54, 1.807) is 0 Å². The average Bonchev–Trinajstić information content (AvgIpc) is 3.38. The first-order valence-electron chi connectivity index (χ1n) is 9.56. The molecule has 2 aromatic rings. The molecule has 28 heavy (non-hydrogen) atoms. The van der Waals surface area contributed by atoms with E-state index < -0.39 is 11.7 Å². The minimum Gasteiger partial charge on any atom is -0.470 e. The largest absolute Gasteiger partial charge is 0.470 e. The predicted octanol–water partition coefficient (Wildman–Crippen LogP) is 1.98. The quantitative estimate of drug-likeness (QED) is 0.762. The van der Waals surface area contributed by atoms with Crippen LogP contribution in [0.3, 0.4) is 0 Å². The van der Waals surface area contributed by atoms with E-state index in [0.29, 0.717) is 17.9 Å². The van der Waals surface area contributed by atoms with Gasteiger partial charge in [0.1, 0.15) is 18.3 Å². The summed E-state index contributed by atoms with van der Waals surface area (Å²) < 4.78 is 17.9. The van der Waals surface area contributed by atoms with Crippen molar-refractivity contribution in [3.63, 3.8) is 0 Å². The number of nitrogens with zero attached hydrogens (tertiary/aromatic N) is 2. The number of aliphatic hydroxyl groups is 2. The molecule has 0 amide bonds. The van der Waals surface area contributed by atoms with Gasteiger partial charge in [0, 0.05) is 5.92 Å². The average molecular weight is 384 g/mol. The molecule has 7 nitrogen and oxygen atoms in total. The van der Waals surface area contributed by atoms with Crippen molar-refractivity contribution < 1.29 is 24.2 Å². The summed E-state index contributed by atoms with van der Waals surface area (Å²) in [5, 5.41) is 25.5. The van der Waals surface area contributed by atoms with Crippen molar-refractivity contribution in [1.29, 1.82) is 0 Å². The Kier molecular flexibility index (Phi) is 4.10. The molecular formula is C21H24N2O5. The van der Waals surface area contributed by atoms with Gasteiger partial charge < -0.3 is 24.2 Å². The van der Waals surface area contributed by atoms with Crippen LogP contribution in [0.15, 0.2) is 46.5 Å². The summed E-state index contributed by atoms with van der Waals surface area (Å²) in [7, 11) is 3.95.